The molecule has 2 unspecified atom stereocenters. The van der Waals surface area contributed by atoms with E-state index >= 15 is 0 Å². The van der Waals surface area contributed by atoms with Crippen molar-refractivity contribution in [3.8, 4) is 17.5 Å². The highest BCUT2D eigenvalue weighted by Gasteiger charge is 2.58. The molecule has 0 saturated carbocycles. The molecule has 1 amide bonds. The molecule has 2 atom stereocenters. The van der Waals surface area contributed by atoms with Crippen molar-refractivity contribution in [2.24, 2.45) is 0 Å². The fraction of sp³-hybridized carbons (Fsp3) is 0.619. The first kappa shape index (κ1) is 28.4. The SMILES string of the molecule is CC(C)(C)OC(=O)Nc1cc(C(F)(F)F)c2nc1-c1nnc(o1)C(O)(C(F)(F)F)CCCC(O)CCO2. The van der Waals surface area contributed by atoms with Gasteiger partial charge in [0, 0.05) is 6.42 Å². The van der Waals surface area contributed by atoms with Crippen LogP contribution < -0.4 is 10.1 Å². The molecule has 1 aliphatic heterocycles. The van der Waals surface area contributed by atoms with Gasteiger partial charge in [-0.05, 0) is 46.1 Å². The van der Waals surface area contributed by atoms with Crippen LogP contribution in [0.2, 0.25) is 0 Å². The number of aromatic nitrogens is 3. The zero-order valence-corrected chi connectivity index (χ0v) is 19.8. The highest BCUT2D eigenvalue weighted by atomic mass is 19.4. The van der Waals surface area contributed by atoms with Gasteiger partial charge in [0.2, 0.25) is 11.5 Å². The Morgan fingerprint density at radius 2 is 1.84 bits per heavy atom. The number of hydrogen-bond donors (Lipinski definition) is 3. The number of nitrogens with one attached hydrogen (secondary N) is 1. The number of alkyl halides is 6. The van der Waals surface area contributed by atoms with Crippen LogP contribution in [-0.2, 0) is 16.5 Å². The average Bonchev–Trinajstić information content (AvgIpc) is 3.21. The van der Waals surface area contributed by atoms with Crippen LogP contribution in [0.3, 0.4) is 0 Å². The monoisotopic (exact) mass is 542 g/mol. The molecule has 0 fully saturated rings. The van der Waals surface area contributed by atoms with Crippen LogP contribution in [0.5, 0.6) is 5.88 Å². The molecule has 3 N–H and O–H groups in total. The quantitative estimate of drug-likeness (QED) is 0.443. The number of carbonyl (C=O) groups is 1. The number of aliphatic hydroxyl groups is 2. The molecule has 2 aromatic rings. The van der Waals surface area contributed by atoms with E-state index < -0.39 is 83.4 Å². The van der Waals surface area contributed by atoms with Crippen molar-refractivity contribution in [3.63, 3.8) is 0 Å². The number of anilines is 1. The lowest BCUT2D eigenvalue weighted by molar-refractivity contribution is -0.277. The lowest BCUT2D eigenvalue weighted by Gasteiger charge is -2.27. The molecule has 1 aliphatic rings. The van der Waals surface area contributed by atoms with Crippen molar-refractivity contribution in [3.05, 3.63) is 17.5 Å². The molecule has 16 heteroatoms. The van der Waals surface area contributed by atoms with E-state index in [1.807, 2.05) is 0 Å². The third-order valence-electron chi connectivity index (χ3n) is 5.14. The fourth-order valence-electron chi connectivity index (χ4n) is 3.37. The second-order valence-corrected chi connectivity index (χ2v) is 9.32. The first-order valence-corrected chi connectivity index (χ1v) is 11.0. The largest absolute Gasteiger partial charge is 0.477 e. The molecule has 4 bridgehead atoms. The number of ether oxygens (including phenoxy) is 2. The Morgan fingerprint density at radius 1 is 1.16 bits per heavy atom. The molecular weight excluding hydrogens is 518 g/mol. The van der Waals surface area contributed by atoms with Gasteiger partial charge in [-0.25, -0.2) is 9.78 Å². The normalized spacial score (nSPS) is 21.5. The minimum Gasteiger partial charge on any atom is -0.477 e. The van der Waals surface area contributed by atoms with Crippen LogP contribution >= 0.6 is 0 Å². The number of pyridine rings is 1. The van der Waals surface area contributed by atoms with E-state index in [9.17, 15) is 41.4 Å². The van der Waals surface area contributed by atoms with Crippen LogP contribution in [0.4, 0.5) is 36.8 Å². The summed E-state index contributed by atoms with van der Waals surface area (Å²) in [6, 6.07) is 0.420. The Kier molecular flexibility index (Phi) is 7.66. The highest BCUT2D eigenvalue weighted by molar-refractivity contribution is 5.89. The van der Waals surface area contributed by atoms with E-state index in [1.165, 1.54) is 20.8 Å². The molecule has 3 rings (SSSR count). The van der Waals surface area contributed by atoms with E-state index in [0.717, 1.165) is 0 Å². The maximum atomic E-state index is 13.8. The van der Waals surface area contributed by atoms with E-state index in [4.69, 9.17) is 13.9 Å². The third kappa shape index (κ3) is 6.60. The van der Waals surface area contributed by atoms with E-state index in [1.54, 1.807) is 0 Å². The minimum atomic E-state index is -5.28. The Hall–Kier alpha value is -3.14. The standard InChI is InChI=1S/C21H24F6N4O6/c1-18(2,3)37-17(33)28-12-9-11(20(22,23)24)14-29-13(12)15-30-31-16(36-15)19(34,21(25,26)27)7-4-5-10(32)6-8-35-14/h9-10,32,34H,4-8H2,1-3H3,(H,28,33). The summed E-state index contributed by atoms with van der Waals surface area (Å²) in [6.45, 7) is 3.99. The number of amides is 1. The number of aliphatic hydroxyl groups excluding tert-OH is 1. The van der Waals surface area contributed by atoms with Crippen LogP contribution in [0, 0.1) is 0 Å². The van der Waals surface area contributed by atoms with E-state index in [2.05, 4.69) is 20.5 Å². The Morgan fingerprint density at radius 3 is 2.43 bits per heavy atom. The summed E-state index contributed by atoms with van der Waals surface area (Å²) in [4.78, 5) is 16.0. The maximum Gasteiger partial charge on any atom is 0.426 e. The number of hydrogen-bond acceptors (Lipinski definition) is 9. The number of fused-ring (bicyclic) bond motifs is 5. The smallest absolute Gasteiger partial charge is 0.426 e. The van der Waals surface area contributed by atoms with Crippen LogP contribution in [0.1, 0.15) is 57.9 Å². The van der Waals surface area contributed by atoms with Gasteiger partial charge in [-0.1, -0.05) is 0 Å². The average molecular weight is 542 g/mol. The first-order chi connectivity index (χ1) is 16.9. The van der Waals surface area contributed by atoms with Crippen LogP contribution in [0.25, 0.3) is 11.6 Å². The van der Waals surface area contributed by atoms with Gasteiger partial charge in [-0.2, -0.15) is 26.3 Å². The highest BCUT2D eigenvalue weighted by Crippen LogP contribution is 2.44. The molecule has 206 valence electrons. The summed E-state index contributed by atoms with van der Waals surface area (Å²) in [5, 5.41) is 29.2. The van der Waals surface area contributed by atoms with Gasteiger partial charge in [0.1, 0.15) is 11.2 Å². The molecule has 37 heavy (non-hydrogen) atoms. The Labute approximate surface area is 206 Å². The molecule has 10 nitrogen and oxygen atoms in total. The maximum absolute atomic E-state index is 13.8. The molecule has 0 aromatic carbocycles. The summed E-state index contributed by atoms with van der Waals surface area (Å²) in [5.74, 6) is -3.14. The molecule has 0 radical (unpaired) electrons. The van der Waals surface area contributed by atoms with Gasteiger partial charge in [-0.15, -0.1) is 10.2 Å². The number of halogens is 6. The van der Waals surface area contributed by atoms with Crippen molar-refractivity contribution >= 4 is 11.8 Å². The van der Waals surface area contributed by atoms with Crippen molar-refractivity contribution in [2.45, 2.75) is 76.1 Å². The summed E-state index contributed by atoms with van der Waals surface area (Å²) in [5.41, 5.74) is -7.47. The zero-order valence-electron chi connectivity index (χ0n) is 19.8. The molecule has 0 spiro atoms. The number of nitrogens with zero attached hydrogens (tertiary/aromatic N) is 3. The van der Waals surface area contributed by atoms with Crippen molar-refractivity contribution < 1.29 is 55.2 Å². The Balaban J connectivity index is 2.21. The topological polar surface area (TPSA) is 140 Å². The molecule has 0 aliphatic carbocycles. The lowest BCUT2D eigenvalue weighted by atomic mass is 9.94. The van der Waals surface area contributed by atoms with E-state index in [0.29, 0.717) is 6.07 Å². The predicted molar refractivity (Wildman–Crippen MR) is 112 cm³/mol. The van der Waals surface area contributed by atoms with Crippen molar-refractivity contribution in [2.75, 3.05) is 11.9 Å². The van der Waals surface area contributed by atoms with Crippen LogP contribution in [0.15, 0.2) is 10.5 Å². The van der Waals surface area contributed by atoms with Gasteiger partial charge in [-0.3, -0.25) is 5.32 Å². The van der Waals surface area contributed by atoms with Gasteiger partial charge in [0.05, 0.1) is 18.4 Å². The Bertz CT molecular complexity index is 1130. The summed E-state index contributed by atoms with van der Waals surface area (Å²) in [7, 11) is 0. The van der Waals surface area contributed by atoms with Crippen LogP contribution in [-0.4, -0.2) is 56.0 Å². The van der Waals surface area contributed by atoms with E-state index in [-0.39, 0.29) is 19.3 Å². The molecular formula is C21H24F6N4O6. The number of carbonyl (C=O) groups excluding carboxylic acids is 1. The number of rotatable bonds is 1. The summed E-state index contributed by atoms with van der Waals surface area (Å²) >= 11 is 0. The molecule has 3 heterocycles. The summed E-state index contributed by atoms with van der Waals surface area (Å²) < 4.78 is 98.0. The zero-order chi connectivity index (χ0) is 27.8. The molecule has 0 saturated heterocycles. The predicted octanol–water partition coefficient (Wildman–Crippen LogP) is 4.56. The second-order valence-electron chi connectivity index (χ2n) is 9.32. The van der Waals surface area contributed by atoms with Gasteiger partial charge in [0.25, 0.3) is 11.8 Å². The van der Waals surface area contributed by atoms with Crippen molar-refractivity contribution in [1.82, 2.24) is 15.2 Å². The molecule has 2 aromatic heterocycles. The van der Waals surface area contributed by atoms with Gasteiger partial charge < -0.3 is 24.1 Å². The lowest BCUT2D eigenvalue weighted by Crippen LogP contribution is -2.42. The van der Waals surface area contributed by atoms with Gasteiger partial charge >= 0.3 is 18.4 Å². The third-order valence-corrected chi connectivity index (χ3v) is 5.14. The van der Waals surface area contributed by atoms with Crippen molar-refractivity contribution in [1.29, 1.82) is 0 Å². The summed E-state index contributed by atoms with van der Waals surface area (Å²) in [6.07, 6.45) is -14.5. The first-order valence-electron chi connectivity index (χ1n) is 11.0. The van der Waals surface area contributed by atoms with Gasteiger partial charge in [0.15, 0.2) is 5.69 Å². The second kappa shape index (κ2) is 9.96. The minimum absolute atomic E-state index is 0.230. The fourth-order valence-corrected chi connectivity index (χ4v) is 3.37.